The molecule has 2 fully saturated rings. The minimum atomic E-state index is 0.356. The first-order valence-corrected chi connectivity index (χ1v) is 11.6. The summed E-state index contributed by atoms with van der Waals surface area (Å²) in [5, 5.41) is 3.57. The molecule has 0 amide bonds. The smallest absolute Gasteiger partial charge is 0.00694 e. The molecule has 0 unspecified atom stereocenters. The van der Waals surface area contributed by atoms with Crippen molar-refractivity contribution < 1.29 is 0 Å². The molecule has 0 saturated heterocycles. The zero-order valence-electron chi connectivity index (χ0n) is 18.4. The van der Waals surface area contributed by atoms with Gasteiger partial charge in [-0.05, 0) is 111 Å². The maximum atomic E-state index is 6.16. The lowest BCUT2D eigenvalue weighted by molar-refractivity contribution is 0.0748. The Morgan fingerprint density at radius 1 is 1.15 bits per heavy atom. The highest BCUT2D eigenvalue weighted by molar-refractivity contribution is 5.35. The average Bonchev–Trinajstić information content (AvgIpc) is 2.86. The van der Waals surface area contributed by atoms with Gasteiger partial charge in [0.1, 0.15) is 0 Å². The lowest BCUT2D eigenvalue weighted by Gasteiger charge is -2.47. The third kappa shape index (κ3) is 2.97. The highest BCUT2D eigenvalue weighted by atomic mass is 14.9. The van der Waals surface area contributed by atoms with E-state index >= 15 is 0 Å². The molecule has 2 heteroatoms. The lowest BCUT2D eigenvalue weighted by Crippen LogP contribution is -2.43. The molecule has 0 aromatic rings. The van der Waals surface area contributed by atoms with Crippen LogP contribution in [0.1, 0.15) is 72.6 Å². The first kappa shape index (κ1) is 19.7. The van der Waals surface area contributed by atoms with Crippen LogP contribution in [0.25, 0.3) is 0 Å². The second kappa shape index (κ2) is 7.02. The Labute approximate surface area is 167 Å². The summed E-state index contributed by atoms with van der Waals surface area (Å²) in [6.45, 7) is 10.9. The van der Waals surface area contributed by atoms with Gasteiger partial charge in [0.05, 0.1) is 0 Å². The highest BCUT2D eigenvalue weighted by Crippen LogP contribution is 2.61. The van der Waals surface area contributed by atoms with Crippen molar-refractivity contribution in [2.75, 3.05) is 13.6 Å². The van der Waals surface area contributed by atoms with Gasteiger partial charge in [-0.25, -0.2) is 0 Å². The summed E-state index contributed by atoms with van der Waals surface area (Å²) in [7, 11) is 2.14. The Bertz CT molecular complexity index is 630. The average molecular weight is 371 g/mol. The monoisotopic (exact) mass is 370 g/mol. The number of nitrogens with two attached hydrogens (primary N) is 1. The number of hydrogen-bond acceptors (Lipinski definition) is 2. The molecular weight excluding hydrogens is 328 g/mol. The van der Waals surface area contributed by atoms with Gasteiger partial charge < -0.3 is 11.1 Å². The molecule has 0 radical (unpaired) electrons. The predicted octanol–water partition coefficient (Wildman–Crippen LogP) is 5.30. The van der Waals surface area contributed by atoms with Gasteiger partial charge >= 0.3 is 0 Å². The van der Waals surface area contributed by atoms with Crippen LogP contribution in [0, 0.1) is 40.4 Å². The second-order valence-corrected chi connectivity index (χ2v) is 11.0. The number of hydrogen-bond donors (Lipinski definition) is 2. The van der Waals surface area contributed by atoms with Gasteiger partial charge in [0.2, 0.25) is 0 Å². The molecule has 152 valence electrons. The Morgan fingerprint density at radius 3 is 2.63 bits per heavy atom. The van der Waals surface area contributed by atoms with E-state index in [2.05, 4.69) is 52.2 Å². The van der Waals surface area contributed by atoms with Gasteiger partial charge in [-0.1, -0.05) is 38.5 Å². The van der Waals surface area contributed by atoms with E-state index in [1.54, 1.807) is 11.1 Å². The molecule has 0 bridgehead atoms. The molecule has 4 aliphatic carbocycles. The molecule has 0 aromatic carbocycles. The molecule has 3 N–H and O–H groups in total. The summed E-state index contributed by atoms with van der Waals surface area (Å²) in [6, 6.07) is 0.630. The maximum Gasteiger partial charge on any atom is 0.00694 e. The largest absolute Gasteiger partial charge is 0.330 e. The van der Waals surface area contributed by atoms with E-state index < -0.39 is 0 Å². The van der Waals surface area contributed by atoms with Gasteiger partial charge in [0.25, 0.3) is 0 Å². The normalized spacial score (nSPS) is 44.3. The van der Waals surface area contributed by atoms with Gasteiger partial charge in [-0.15, -0.1) is 0 Å². The van der Waals surface area contributed by atoms with Crippen LogP contribution in [0.15, 0.2) is 23.3 Å². The van der Waals surface area contributed by atoms with Crippen molar-refractivity contribution in [3.63, 3.8) is 0 Å². The molecule has 27 heavy (non-hydrogen) atoms. The first-order chi connectivity index (χ1) is 12.8. The number of nitrogens with one attached hydrogen (secondary N) is 1. The first-order valence-electron chi connectivity index (χ1n) is 11.6. The lowest BCUT2D eigenvalue weighted by atomic mass is 9.59. The van der Waals surface area contributed by atoms with Crippen LogP contribution >= 0.6 is 0 Å². The van der Waals surface area contributed by atoms with Crippen molar-refractivity contribution in [2.24, 2.45) is 46.2 Å². The van der Waals surface area contributed by atoms with Gasteiger partial charge in [-0.3, -0.25) is 0 Å². The standard InChI is InChI=1S/C25H42N2/c1-16(27-5)21-10-11-23-20-8-9-22-18(6-7-19(15-26)24(22,2)3)14-17(20)12-13-25(21,23)4/h12,14,16,19-23,27H,6-11,13,15,26H2,1-5H3/t16-,19+,20+,21+,22+,23-,25+/m0/s1. The van der Waals surface area contributed by atoms with Crippen molar-refractivity contribution in [3.05, 3.63) is 23.3 Å². The fourth-order valence-corrected chi connectivity index (χ4v) is 7.90. The fourth-order valence-electron chi connectivity index (χ4n) is 7.90. The van der Waals surface area contributed by atoms with Crippen molar-refractivity contribution in [3.8, 4) is 0 Å². The minimum Gasteiger partial charge on any atom is -0.330 e. The number of allylic oxidation sites excluding steroid dienone is 4. The molecule has 0 spiro atoms. The second-order valence-electron chi connectivity index (χ2n) is 11.0. The van der Waals surface area contributed by atoms with Gasteiger partial charge in [0.15, 0.2) is 0 Å². The summed E-state index contributed by atoms with van der Waals surface area (Å²) in [5.41, 5.74) is 10.5. The van der Waals surface area contributed by atoms with E-state index in [9.17, 15) is 0 Å². The molecule has 4 rings (SSSR count). The molecule has 7 atom stereocenters. The van der Waals surface area contributed by atoms with Crippen LogP contribution in [0.3, 0.4) is 0 Å². The van der Waals surface area contributed by atoms with E-state index in [0.717, 1.165) is 30.2 Å². The van der Waals surface area contributed by atoms with E-state index in [-0.39, 0.29) is 0 Å². The summed E-state index contributed by atoms with van der Waals surface area (Å²) in [5.74, 6) is 3.92. The minimum absolute atomic E-state index is 0.356. The Hall–Kier alpha value is -0.600. The summed E-state index contributed by atoms with van der Waals surface area (Å²) < 4.78 is 0. The summed E-state index contributed by atoms with van der Waals surface area (Å²) >= 11 is 0. The maximum absolute atomic E-state index is 6.16. The Kier molecular flexibility index (Phi) is 5.13. The zero-order chi connectivity index (χ0) is 19.4. The fraction of sp³-hybridized carbons (Fsp3) is 0.840. The van der Waals surface area contributed by atoms with Crippen LogP contribution in [-0.2, 0) is 0 Å². The Balaban J connectivity index is 1.63. The Morgan fingerprint density at radius 2 is 1.93 bits per heavy atom. The van der Waals surface area contributed by atoms with Crippen LogP contribution in [0.4, 0.5) is 0 Å². The van der Waals surface area contributed by atoms with E-state index in [0.29, 0.717) is 22.8 Å². The van der Waals surface area contributed by atoms with Crippen LogP contribution in [0.5, 0.6) is 0 Å². The highest BCUT2D eigenvalue weighted by Gasteiger charge is 2.53. The predicted molar refractivity (Wildman–Crippen MR) is 115 cm³/mol. The third-order valence-corrected chi connectivity index (χ3v) is 9.82. The van der Waals surface area contributed by atoms with Crippen molar-refractivity contribution in [1.82, 2.24) is 5.32 Å². The molecule has 2 saturated carbocycles. The quantitative estimate of drug-likeness (QED) is 0.707. The van der Waals surface area contributed by atoms with E-state index in [4.69, 9.17) is 5.73 Å². The molecular formula is C25H42N2. The zero-order valence-corrected chi connectivity index (χ0v) is 18.4. The van der Waals surface area contributed by atoms with Crippen molar-refractivity contribution in [2.45, 2.75) is 78.7 Å². The van der Waals surface area contributed by atoms with E-state index in [1.165, 1.54) is 44.9 Å². The summed E-state index contributed by atoms with van der Waals surface area (Å²) in [4.78, 5) is 0. The van der Waals surface area contributed by atoms with Crippen LogP contribution in [0.2, 0.25) is 0 Å². The van der Waals surface area contributed by atoms with Crippen LogP contribution in [-0.4, -0.2) is 19.6 Å². The van der Waals surface area contributed by atoms with Gasteiger partial charge in [-0.2, -0.15) is 0 Å². The van der Waals surface area contributed by atoms with Gasteiger partial charge in [0, 0.05) is 6.04 Å². The third-order valence-electron chi connectivity index (χ3n) is 9.82. The molecule has 2 nitrogen and oxygen atoms in total. The number of fused-ring (bicyclic) bond motifs is 4. The SMILES string of the molecule is CN[C@@H](C)[C@H]1CC[C@H]2[C@@H]3CC[C@@H]4C(=CC3=CC[C@]12C)CC[C@H](CN)C4(C)C. The summed E-state index contributed by atoms with van der Waals surface area (Å²) in [6.07, 6.45) is 14.8. The number of rotatable bonds is 3. The van der Waals surface area contributed by atoms with Crippen molar-refractivity contribution >= 4 is 0 Å². The molecule has 0 aromatic heterocycles. The molecule has 4 aliphatic rings. The van der Waals surface area contributed by atoms with Crippen LogP contribution < -0.4 is 11.1 Å². The molecule has 0 aliphatic heterocycles. The van der Waals surface area contributed by atoms with Crippen molar-refractivity contribution in [1.29, 1.82) is 0 Å². The topological polar surface area (TPSA) is 38.0 Å². The van der Waals surface area contributed by atoms with E-state index in [1.807, 2.05) is 0 Å². The molecule has 0 heterocycles.